The van der Waals surface area contributed by atoms with Gasteiger partial charge in [0.15, 0.2) is 11.5 Å². The van der Waals surface area contributed by atoms with Crippen LogP contribution in [0.2, 0.25) is 10.0 Å². The van der Waals surface area contributed by atoms with E-state index in [1.807, 2.05) is 0 Å². The van der Waals surface area contributed by atoms with Gasteiger partial charge in [-0.25, -0.2) is 0 Å². The van der Waals surface area contributed by atoms with Gasteiger partial charge in [-0.3, -0.25) is 9.78 Å². The Morgan fingerprint density at radius 1 is 1.21 bits per heavy atom. The minimum Gasteiger partial charge on any atom is -0.493 e. The predicted octanol–water partition coefficient (Wildman–Crippen LogP) is 4.66. The van der Waals surface area contributed by atoms with E-state index in [4.69, 9.17) is 44.3 Å². The van der Waals surface area contributed by atoms with Crippen LogP contribution >= 0.6 is 34.8 Å². The van der Waals surface area contributed by atoms with Crippen molar-refractivity contribution >= 4 is 46.4 Å². The predicted molar refractivity (Wildman–Crippen MR) is 96.0 cm³/mol. The average Bonchev–Trinajstić information content (AvgIpc) is 2.58. The van der Waals surface area contributed by atoms with Crippen LogP contribution in [0.1, 0.15) is 16.8 Å². The van der Waals surface area contributed by atoms with E-state index in [1.165, 1.54) is 19.5 Å². The van der Waals surface area contributed by atoms with Gasteiger partial charge in [0.1, 0.15) is 0 Å². The molecule has 5 nitrogen and oxygen atoms in total. The van der Waals surface area contributed by atoms with Crippen LogP contribution in [-0.4, -0.2) is 30.5 Å². The topological polar surface area (TPSA) is 60.5 Å². The number of nitrogens with zero attached hydrogens (tertiary/aromatic N) is 1. The molecule has 1 amide bonds. The summed E-state index contributed by atoms with van der Waals surface area (Å²) in [5.74, 6) is 1.10. The normalized spacial score (nSPS) is 10.3. The van der Waals surface area contributed by atoms with E-state index in [0.717, 1.165) is 0 Å². The molecule has 1 heterocycles. The highest BCUT2D eigenvalue weighted by atomic mass is 35.5. The largest absolute Gasteiger partial charge is 0.493 e. The van der Waals surface area contributed by atoms with E-state index >= 15 is 0 Å². The number of rotatable bonds is 7. The number of carbonyl (C=O) groups excluding carboxylic acids is 1. The zero-order chi connectivity index (χ0) is 17.5. The highest BCUT2D eigenvalue weighted by Crippen LogP contribution is 2.31. The van der Waals surface area contributed by atoms with Crippen LogP contribution in [0, 0.1) is 0 Å². The molecule has 0 saturated heterocycles. The fourth-order valence-electron chi connectivity index (χ4n) is 1.88. The van der Waals surface area contributed by atoms with Gasteiger partial charge < -0.3 is 14.8 Å². The van der Waals surface area contributed by atoms with Crippen molar-refractivity contribution in [2.45, 2.75) is 6.42 Å². The Morgan fingerprint density at radius 2 is 1.92 bits per heavy atom. The Kier molecular flexibility index (Phi) is 6.97. The number of benzene rings is 1. The number of amides is 1. The van der Waals surface area contributed by atoms with Gasteiger partial charge in [-0.15, -0.1) is 11.6 Å². The summed E-state index contributed by atoms with van der Waals surface area (Å²) < 4.78 is 10.8. The van der Waals surface area contributed by atoms with Gasteiger partial charge >= 0.3 is 0 Å². The number of nitrogens with one attached hydrogen (secondary N) is 1. The number of anilines is 1. The molecule has 0 fully saturated rings. The maximum Gasteiger partial charge on any atom is 0.255 e. The smallest absolute Gasteiger partial charge is 0.255 e. The molecule has 1 N–H and O–H groups in total. The Morgan fingerprint density at radius 3 is 2.54 bits per heavy atom. The zero-order valence-electron chi connectivity index (χ0n) is 12.8. The lowest BCUT2D eigenvalue weighted by Crippen LogP contribution is -2.13. The number of alkyl halides is 1. The molecule has 2 aromatic rings. The molecule has 24 heavy (non-hydrogen) atoms. The number of carbonyl (C=O) groups is 1. The molecular formula is C16H15Cl3N2O3. The van der Waals surface area contributed by atoms with Crippen molar-refractivity contribution in [2.24, 2.45) is 0 Å². The molecule has 1 aromatic heterocycles. The summed E-state index contributed by atoms with van der Waals surface area (Å²) in [6.45, 7) is 0.424. The molecular weight excluding hydrogens is 375 g/mol. The molecule has 128 valence electrons. The second-order valence-electron chi connectivity index (χ2n) is 4.69. The summed E-state index contributed by atoms with van der Waals surface area (Å²) in [7, 11) is 1.53. The minimum atomic E-state index is -0.380. The second kappa shape index (κ2) is 8.97. The summed E-state index contributed by atoms with van der Waals surface area (Å²) in [5, 5.41) is 3.17. The van der Waals surface area contributed by atoms with Crippen LogP contribution in [0.4, 0.5) is 5.69 Å². The molecule has 0 aliphatic rings. The number of hydrogen-bond acceptors (Lipinski definition) is 4. The number of ether oxygens (including phenoxy) is 2. The van der Waals surface area contributed by atoms with Gasteiger partial charge in [0.05, 0.1) is 29.4 Å². The van der Waals surface area contributed by atoms with Crippen LogP contribution < -0.4 is 14.8 Å². The number of methoxy groups -OCH3 is 1. The van der Waals surface area contributed by atoms with E-state index < -0.39 is 0 Å². The fourth-order valence-corrected chi connectivity index (χ4v) is 2.45. The van der Waals surface area contributed by atoms with E-state index in [0.29, 0.717) is 41.7 Å². The van der Waals surface area contributed by atoms with Crippen LogP contribution in [0.15, 0.2) is 30.6 Å². The van der Waals surface area contributed by atoms with Crippen molar-refractivity contribution in [3.63, 3.8) is 0 Å². The van der Waals surface area contributed by atoms with Crippen molar-refractivity contribution in [3.05, 3.63) is 46.2 Å². The van der Waals surface area contributed by atoms with Gasteiger partial charge in [-0.2, -0.15) is 0 Å². The number of pyridine rings is 1. The average molecular weight is 390 g/mol. The maximum absolute atomic E-state index is 12.4. The Bertz CT molecular complexity index is 705. The summed E-state index contributed by atoms with van der Waals surface area (Å²) in [6.07, 6.45) is 3.49. The zero-order valence-corrected chi connectivity index (χ0v) is 15.1. The third kappa shape index (κ3) is 4.66. The molecule has 2 rings (SSSR count). The molecule has 0 aliphatic heterocycles. The summed E-state index contributed by atoms with van der Waals surface area (Å²) >= 11 is 17.6. The molecule has 1 aromatic carbocycles. The molecule has 0 radical (unpaired) electrons. The molecule has 0 saturated carbocycles. The standard InChI is InChI=1S/C16H15Cl3N2O3/c1-23-13-4-3-10(7-14(13)24-6-2-5-17)16(22)21-15-11(18)8-20-9-12(15)19/h3-4,7-9H,2,5-6H2,1H3,(H,20,21,22). The minimum absolute atomic E-state index is 0.253. The molecule has 8 heteroatoms. The lowest BCUT2D eigenvalue weighted by atomic mass is 10.2. The van der Waals surface area contributed by atoms with Crippen molar-refractivity contribution in [3.8, 4) is 11.5 Å². The summed E-state index contributed by atoms with van der Waals surface area (Å²) in [6, 6.07) is 4.86. The van der Waals surface area contributed by atoms with Gasteiger partial charge in [0.2, 0.25) is 0 Å². The van der Waals surface area contributed by atoms with E-state index in [9.17, 15) is 4.79 Å². The first-order valence-corrected chi connectivity index (χ1v) is 8.33. The summed E-state index contributed by atoms with van der Waals surface area (Å²) in [5.41, 5.74) is 0.680. The van der Waals surface area contributed by atoms with Crippen molar-refractivity contribution in [2.75, 3.05) is 24.9 Å². The van der Waals surface area contributed by atoms with Gasteiger partial charge in [0.25, 0.3) is 5.91 Å². The van der Waals surface area contributed by atoms with Gasteiger partial charge in [0, 0.05) is 23.8 Å². The lowest BCUT2D eigenvalue weighted by molar-refractivity contribution is 0.102. The van der Waals surface area contributed by atoms with Crippen molar-refractivity contribution < 1.29 is 14.3 Å². The van der Waals surface area contributed by atoms with Crippen LogP contribution in [0.25, 0.3) is 0 Å². The Balaban J connectivity index is 2.21. The highest BCUT2D eigenvalue weighted by Gasteiger charge is 2.14. The number of halogens is 3. The highest BCUT2D eigenvalue weighted by molar-refractivity contribution is 6.39. The van der Waals surface area contributed by atoms with E-state index in [2.05, 4.69) is 10.3 Å². The van der Waals surface area contributed by atoms with E-state index in [1.54, 1.807) is 18.2 Å². The molecule has 0 aliphatic carbocycles. The maximum atomic E-state index is 12.4. The first-order chi connectivity index (χ1) is 11.6. The first kappa shape index (κ1) is 18.6. The Hall–Kier alpha value is -1.69. The molecule has 0 unspecified atom stereocenters. The monoisotopic (exact) mass is 388 g/mol. The van der Waals surface area contributed by atoms with Gasteiger partial charge in [-0.05, 0) is 24.6 Å². The van der Waals surface area contributed by atoms with Gasteiger partial charge in [-0.1, -0.05) is 23.2 Å². The van der Waals surface area contributed by atoms with Crippen LogP contribution in [-0.2, 0) is 0 Å². The van der Waals surface area contributed by atoms with Crippen molar-refractivity contribution in [1.82, 2.24) is 4.98 Å². The second-order valence-corrected chi connectivity index (χ2v) is 5.88. The quantitative estimate of drug-likeness (QED) is 0.553. The SMILES string of the molecule is COc1ccc(C(=O)Nc2c(Cl)cncc2Cl)cc1OCCCCl. The third-order valence-electron chi connectivity index (χ3n) is 3.05. The van der Waals surface area contributed by atoms with E-state index in [-0.39, 0.29) is 16.0 Å². The van der Waals surface area contributed by atoms with Crippen LogP contribution in [0.3, 0.4) is 0 Å². The van der Waals surface area contributed by atoms with Crippen molar-refractivity contribution in [1.29, 1.82) is 0 Å². The lowest BCUT2D eigenvalue weighted by Gasteiger charge is -2.13. The molecule has 0 atom stereocenters. The molecule has 0 spiro atoms. The number of hydrogen-bond donors (Lipinski definition) is 1. The Labute approximate surface area is 154 Å². The summed E-state index contributed by atoms with van der Waals surface area (Å²) in [4.78, 5) is 16.3. The fraction of sp³-hybridized carbons (Fsp3) is 0.250. The van der Waals surface area contributed by atoms with Crippen LogP contribution in [0.5, 0.6) is 11.5 Å². The molecule has 0 bridgehead atoms. The first-order valence-electron chi connectivity index (χ1n) is 7.04. The third-order valence-corrected chi connectivity index (χ3v) is 3.89. The number of aromatic nitrogens is 1.